The maximum atomic E-state index is 12.0. The van der Waals surface area contributed by atoms with Crippen LogP contribution in [0.25, 0.3) is 0 Å². The van der Waals surface area contributed by atoms with E-state index in [2.05, 4.69) is 10.6 Å². The number of carbonyl (C=O) groups excluding carboxylic acids is 2. The first-order chi connectivity index (χ1) is 10.6. The molecule has 0 spiro atoms. The van der Waals surface area contributed by atoms with Crippen molar-refractivity contribution in [2.24, 2.45) is 5.73 Å². The first kappa shape index (κ1) is 16.5. The van der Waals surface area contributed by atoms with Crippen LogP contribution in [-0.4, -0.2) is 18.4 Å². The summed E-state index contributed by atoms with van der Waals surface area (Å²) in [5.41, 5.74) is 6.40. The molecule has 4 N–H and O–H groups in total. The van der Waals surface area contributed by atoms with Crippen LogP contribution in [0.2, 0.25) is 5.02 Å². The van der Waals surface area contributed by atoms with E-state index in [9.17, 15) is 9.59 Å². The second-order valence-corrected chi connectivity index (χ2v) is 5.92. The van der Waals surface area contributed by atoms with Crippen LogP contribution in [0, 0.1) is 0 Å². The number of nitrogens with one attached hydrogen (secondary N) is 2. The van der Waals surface area contributed by atoms with E-state index < -0.39 is 0 Å². The van der Waals surface area contributed by atoms with Gasteiger partial charge in [-0.05, 0) is 42.6 Å². The fourth-order valence-electron chi connectivity index (χ4n) is 1.77. The molecule has 1 aromatic heterocycles. The number of carbonyl (C=O) groups is 2. The minimum absolute atomic E-state index is 0.158. The maximum absolute atomic E-state index is 12.0. The molecule has 7 heteroatoms. The number of benzene rings is 1. The fourth-order valence-corrected chi connectivity index (χ4v) is 2.56. The van der Waals surface area contributed by atoms with Crippen molar-refractivity contribution < 1.29 is 9.59 Å². The summed E-state index contributed by atoms with van der Waals surface area (Å²) in [4.78, 5) is 24.3. The molecule has 22 heavy (non-hydrogen) atoms. The van der Waals surface area contributed by atoms with Crippen LogP contribution in [0.4, 0.5) is 11.4 Å². The van der Waals surface area contributed by atoms with Gasteiger partial charge < -0.3 is 16.4 Å². The fraction of sp³-hybridized carbons (Fsp3) is 0.200. The molecule has 2 aromatic rings. The minimum atomic E-state index is -0.197. The molecule has 116 valence electrons. The Kier molecular flexibility index (Phi) is 5.94. The summed E-state index contributed by atoms with van der Waals surface area (Å²) in [6, 6.07) is 8.50. The van der Waals surface area contributed by atoms with Crippen molar-refractivity contribution >= 4 is 46.1 Å². The highest BCUT2D eigenvalue weighted by Crippen LogP contribution is 2.26. The van der Waals surface area contributed by atoms with Crippen LogP contribution in [0.15, 0.2) is 35.7 Å². The number of hydrogen-bond acceptors (Lipinski definition) is 4. The lowest BCUT2D eigenvalue weighted by atomic mass is 10.2. The predicted octanol–water partition coefficient (Wildman–Crippen LogP) is 3.33. The molecule has 0 saturated carbocycles. The number of anilines is 2. The zero-order valence-electron chi connectivity index (χ0n) is 11.8. The Morgan fingerprint density at radius 2 is 2.05 bits per heavy atom. The molecule has 2 rings (SSSR count). The van der Waals surface area contributed by atoms with Crippen LogP contribution in [0.5, 0.6) is 0 Å². The van der Waals surface area contributed by atoms with E-state index in [1.54, 1.807) is 24.3 Å². The van der Waals surface area contributed by atoms with Crippen molar-refractivity contribution in [3.8, 4) is 0 Å². The van der Waals surface area contributed by atoms with E-state index in [-0.39, 0.29) is 11.8 Å². The second kappa shape index (κ2) is 7.93. The third-order valence-electron chi connectivity index (χ3n) is 2.85. The van der Waals surface area contributed by atoms with Crippen molar-refractivity contribution in [1.29, 1.82) is 0 Å². The summed E-state index contributed by atoms with van der Waals surface area (Å²) in [6.45, 7) is 0.456. The molecular weight excluding hydrogens is 322 g/mol. The average Bonchev–Trinajstić information content (AvgIpc) is 3.03. The molecule has 0 aliphatic heterocycles. The molecule has 0 saturated heterocycles. The zero-order chi connectivity index (χ0) is 15.9. The molecule has 0 aliphatic rings. The van der Waals surface area contributed by atoms with E-state index in [1.807, 2.05) is 11.4 Å². The van der Waals surface area contributed by atoms with E-state index in [0.29, 0.717) is 40.7 Å². The lowest BCUT2D eigenvalue weighted by Crippen LogP contribution is -2.14. The Labute approximate surface area is 137 Å². The van der Waals surface area contributed by atoms with Crippen LogP contribution >= 0.6 is 22.9 Å². The third kappa shape index (κ3) is 4.56. The highest BCUT2D eigenvalue weighted by atomic mass is 35.5. The monoisotopic (exact) mass is 337 g/mol. The van der Waals surface area contributed by atoms with Crippen LogP contribution in [0.1, 0.15) is 22.5 Å². The summed E-state index contributed by atoms with van der Waals surface area (Å²) >= 11 is 7.42. The van der Waals surface area contributed by atoms with Gasteiger partial charge in [-0.25, -0.2) is 0 Å². The molecule has 0 atom stereocenters. The zero-order valence-corrected chi connectivity index (χ0v) is 13.3. The largest absolute Gasteiger partial charge is 0.330 e. The maximum Gasteiger partial charge on any atom is 0.265 e. The molecule has 2 amide bonds. The average molecular weight is 338 g/mol. The summed E-state index contributed by atoms with van der Waals surface area (Å²) in [5.74, 6) is -0.355. The van der Waals surface area contributed by atoms with Crippen molar-refractivity contribution in [3.63, 3.8) is 0 Å². The van der Waals surface area contributed by atoms with Gasteiger partial charge in [0.2, 0.25) is 5.91 Å². The van der Waals surface area contributed by atoms with Gasteiger partial charge in [0.15, 0.2) is 0 Å². The van der Waals surface area contributed by atoms with Gasteiger partial charge in [0.05, 0.1) is 15.6 Å². The van der Waals surface area contributed by atoms with Gasteiger partial charge in [0, 0.05) is 12.1 Å². The Morgan fingerprint density at radius 3 is 2.73 bits per heavy atom. The SMILES string of the molecule is NCCCC(=O)Nc1cc(NC(=O)c2cccs2)ccc1Cl. The van der Waals surface area contributed by atoms with Gasteiger partial charge in [-0.3, -0.25) is 9.59 Å². The number of nitrogens with two attached hydrogens (primary N) is 1. The van der Waals surface area contributed by atoms with Gasteiger partial charge in [-0.2, -0.15) is 0 Å². The van der Waals surface area contributed by atoms with E-state index in [4.69, 9.17) is 17.3 Å². The van der Waals surface area contributed by atoms with Crippen LogP contribution < -0.4 is 16.4 Å². The molecule has 0 unspecified atom stereocenters. The normalized spacial score (nSPS) is 10.3. The summed E-state index contributed by atoms with van der Waals surface area (Å²) < 4.78 is 0. The molecule has 0 bridgehead atoms. The van der Waals surface area contributed by atoms with Crippen molar-refractivity contribution in [2.45, 2.75) is 12.8 Å². The van der Waals surface area contributed by atoms with E-state index in [0.717, 1.165) is 0 Å². The van der Waals surface area contributed by atoms with Crippen LogP contribution in [0.3, 0.4) is 0 Å². The van der Waals surface area contributed by atoms with Gasteiger partial charge in [-0.1, -0.05) is 17.7 Å². The number of hydrogen-bond donors (Lipinski definition) is 3. The number of thiophene rings is 1. The molecule has 0 radical (unpaired) electrons. The van der Waals surface area contributed by atoms with Crippen LogP contribution in [-0.2, 0) is 4.79 Å². The number of rotatable bonds is 6. The lowest BCUT2D eigenvalue weighted by molar-refractivity contribution is -0.116. The van der Waals surface area contributed by atoms with Crippen molar-refractivity contribution in [2.75, 3.05) is 17.2 Å². The van der Waals surface area contributed by atoms with E-state index >= 15 is 0 Å². The Morgan fingerprint density at radius 1 is 1.23 bits per heavy atom. The summed E-state index contributed by atoms with van der Waals surface area (Å²) in [6.07, 6.45) is 0.941. The summed E-state index contributed by atoms with van der Waals surface area (Å²) in [5, 5.41) is 7.73. The van der Waals surface area contributed by atoms with Gasteiger partial charge >= 0.3 is 0 Å². The lowest BCUT2D eigenvalue weighted by Gasteiger charge is -2.10. The van der Waals surface area contributed by atoms with Gasteiger partial charge in [0.1, 0.15) is 0 Å². The Bertz CT molecular complexity index is 659. The number of halogens is 1. The second-order valence-electron chi connectivity index (χ2n) is 4.57. The third-order valence-corrected chi connectivity index (χ3v) is 4.05. The van der Waals surface area contributed by atoms with Gasteiger partial charge in [0.25, 0.3) is 5.91 Å². The highest BCUT2D eigenvalue weighted by Gasteiger charge is 2.10. The Balaban J connectivity index is 2.06. The molecule has 5 nitrogen and oxygen atoms in total. The minimum Gasteiger partial charge on any atom is -0.330 e. The molecular formula is C15H16ClN3O2S. The molecule has 1 aromatic carbocycles. The molecule has 1 heterocycles. The first-order valence-electron chi connectivity index (χ1n) is 6.74. The quantitative estimate of drug-likeness (QED) is 0.755. The van der Waals surface area contributed by atoms with Crippen molar-refractivity contribution in [1.82, 2.24) is 0 Å². The van der Waals surface area contributed by atoms with Gasteiger partial charge in [-0.15, -0.1) is 11.3 Å². The Hall–Kier alpha value is -1.89. The predicted molar refractivity (Wildman–Crippen MR) is 90.6 cm³/mol. The number of amides is 2. The van der Waals surface area contributed by atoms with Crippen molar-refractivity contribution in [3.05, 3.63) is 45.6 Å². The first-order valence-corrected chi connectivity index (χ1v) is 8.00. The van der Waals surface area contributed by atoms with E-state index in [1.165, 1.54) is 11.3 Å². The topological polar surface area (TPSA) is 84.2 Å². The highest BCUT2D eigenvalue weighted by molar-refractivity contribution is 7.12. The summed E-state index contributed by atoms with van der Waals surface area (Å²) in [7, 11) is 0. The standard InChI is InChI=1S/C15H16ClN3O2S/c16-11-6-5-10(18-15(21)13-3-2-8-22-13)9-12(11)19-14(20)4-1-7-17/h2-3,5-6,8-9H,1,4,7,17H2,(H,18,21)(H,19,20). The molecule has 0 fully saturated rings. The smallest absolute Gasteiger partial charge is 0.265 e. The molecule has 0 aliphatic carbocycles.